The van der Waals surface area contributed by atoms with Crippen LogP contribution in [0.3, 0.4) is 0 Å². The van der Waals surface area contributed by atoms with Crippen LogP contribution in [0.2, 0.25) is 0 Å². The van der Waals surface area contributed by atoms with Crippen molar-refractivity contribution in [2.45, 2.75) is 6.54 Å². The van der Waals surface area contributed by atoms with Gasteiger partial charge in [0.25, 0.3) is 5.56 Å². The molecule has 0 fully saturated rings. The lowest BCUT2D eigenvalue weighted by atomic mass is 10.2. The molecule has 0 spiro atoms. The van der Waals surface area contributed by atoms with Gasteiger partial charge in [-0.1, -0.05) is 12.1 Å². The largest absolute Gasteiger partial charge is 0.497 e. The third-order valence-corrected chi connectivity index (χ3v) is 3.06. The highest BCUT2D eigenvalue weighted by Crippen LogP contribution is 2.14. The van der Waals surface area contributed by atoms with E-state index in [2.05, 4.69) is 9.97 Å². The molecule has 0 aliphatic heterocycles. The zero-order chi connectivity index (χ0) is 13.2. The van der Waals surface area contributed by atoms with Crippen molar-refractivity contribution in [3.8, 4) is 5.75 Å². The standard InChI is InChI=1S/C14H13N3O2/c1-19-11-4-2-10(3-5-11)8-17-9-16-13-12(17)6-7-15-14(13)18/h2-7,9H,8H2,1H3,(H,15,18). The lowest BCUT2D eigenvalue weighted by molar-refractivity contribution is 0.414. The molecule has 96 valence electrons. The molecule has 0 saturated heterocycles. The van der Waals surface area contributed by atoms with Crippen LogP contribution in [-0.2, 0) is 6.54 Å². The quantitative estimate of drug-likeness (QED) is 0.776. The predicted molar refractivity (Wildman–Crippen MR) is 72.4 cm³/mol. The zero-order valence-corrected chi connectivity index (χ0v) is 10.5. The molecule has 0 unspecified atom stereocenters. The predicted octanol–water partition coefficient (Wildman–Crippen LogP) is 1.78. The van der Waals surface area contributed by atoms with Crippen molar-refractivity contribution in [3.63, 3.8) is 0 Å². The van der Waals surface area contributed by atoms with E-state index in [1.54, 1.807) is 19.6 Å². The number of aromatic amines is 1. The fourth-order valence-corrected chi connectivity index (χ4v) is 2.06. The molecular formula is C14H13N3O2. The van der Waals surface area contributed by atoms with E-state index in [4.69, 9.17) is 4.74 Å². The number of hydrogen-bond acceptors (Lipinski definition) is 3. The van der Waals surface area contributed by atoms with Gasteiger partial charge in [0, 0.05) is 12.7 Å². The minimum absolute atomic E-state index is 0.161. The highest BCUT2D eigenvalue weighted by Gasteiger charge is 2.05. The molecule has 0 aliphatic rings. The van der Waals surface area contributed by atoms with E-state index in [0.29, 0.717) is 12.1 Å². The number of ether oxygens (including phenoxy) is 1. The molecule has 0 radical (unpaired) electrons. The molecule has 2 heterocycles. The molecule has 3 rings (SSSR count). The second-order valence-electron chi connectivity index (χ2n) is 4.26. The van der Waals surface area contributed by atoms with Crippen LogP contribution in [0, 0.1) is 0 Å². The molecule has 19 heavy (non-hydrogen) atoms. The first-order chi connectivity index (χ1) is 9.28. The maximum Gasteiger partial charge on any atom is 0.276 e. The Bertz CT molecular complexity index is 756. The van der Waals surface area contributed by atoms with Gasteiger partial charge < -0.3 is 14.3 Å². The van der Waals surface area contributed by atoms with Crippen molar-refractivity contribution in [2.75, 3.05) is 7.11 Å². The Kier molecular flexibility index (Phi) is 2.79. The zero-order valence-electron chi connectivity index (χ0n) is 10.5. The Balaban J connectivity index is 1.96. The van der Waals surface area contributed by atoms with Crippen molar-refractivity contribution in [1.29, 1.82) is 0 Å². The van der Waals surface area contributed by atoms with E-state index in [9.17, 15) is 4.79 Å². The van der Waals surface area contributed by atoms with Crippen molar-refractivity contribution in [1.82, 2.24) is 14.5 Å². The van der Waals surface area contributed by atoms with Gasteiger partial charge in [-0.05, 0) is 23.8 Å². The monoisotopic (exact) mass is 255 g/mol. The Labute approximate surface area is 109 Å². The highest BCUT2D eigenvalue weighted by molar-refractivity contribution is 5.73. The number of rotatable bonds is 3. The molecule has 0 atom stereocenters. The van der Waals surface area contributed by atoms with Crippen LogP contribution in [0.4, 0.5) is 0 Å². The van der Waals surface area contributed by atoms with Crippen LogP contribution >= 0.6 is 0 Å². The van der Waals surface area contributed by atoms with Gasteiger partial charge in [-0.3, -0.25) is 4.79 Å². The van der Waals surface area contributed by atoms with Crippen molar-refractivity contribution >= 4 is 11.0 Å². The molecule has 3 aromatic rings. The van der Waals surface area contributed by atoms with Crippen LogP contribution in [0.1, 0.15) is 5.56 Å². The number of pyridine rings is 1. The van der Waals surface area contributed by atoms with Crippen LogP contribution in [0.15, 0.2) is 47.7 Å². The summed E-state index contributed by atoms with van der Waals surface area (Å²) in [5.74, 6) is 0.829. The van der Waals surface area contributed by atoms with Gasteiger partial charge in [-0.15, -0.1) is 0 Å². The minimum Gasteiger partial charge on any atom is -0.497 e. The van der Waals surface area contributed by atoms with Crippen LogP contribution < -0.4 is 10.3 Å². The van der Waals surface area contributed by atoms with E-state index in [1.165, 1.54) is 0 Å². The number of aromatic nitrogens is 3. The summed E-state index contributed by atoms with van der Waals surface area (Å²) in [6, 6.07) is 9.69. The van der Waals surface area contributed by atoms with E-state index in [-0.39, 0.29) is 5.56 Å². The van der Waals surface area contributed by atoms with Crippen LogP contribution in [0.5, 0.6) is 5.75 Å². The maximum absolute atomic E-state index is 11.6. The molecule has 0 bridgehead atoms. The van der Waals surface area contributed by atoms with Gasteiger partial charge in [-0.2, -0.15) is 0 Å². The van der Waals surface area contributed by atoms with Gasteiger partial charge >= 0.3 is 0 Å². The van der Waals surface area contributed by atoms with E-state index >= 15 is 0 Å². The summed E-state index contributed by atoms with van der Waals surface area (Å²) < 4.78 is 7.08. The average molecular weight is 255 g/mol. The average Bonchev–Trinajstić information content (AvgIpc) is 2.84. The van der Waals surface area contributed by atoms with E-state index < -0.39 is 0 Å². The fourth-order valence-electron chi connectivity index (χ4n) is 2.06. The summed E-state index contributed by atoms with van der Waals surface area (Å²) >= 11 is 0. The molecule has 5 nitrogen and oxygen atoms in total. The maximum atomic E-state index is 11.6. The van der Waals surface area contributed by atoms with Crippen molar-refractivity contribution in [2.24, 2.45) is 0 Å². The fraction of sp³-hybridized carbons (Fsp3) is 0.143. The number of methoxy groups -OCH3 is 1. The Morgan fingerprint density at radius 1 is 1.26 bits per heavy atom. The summed E-state index contributed by atoms with van der Waals surface area (Å²) in [7, 11) is 1.64. The number of nitrogens with zero attached hydrogens (tertiary/aromatic N) is 2. The molecule has 1 aromatic carbocycles. The number of H-pyrrole nitrogens is 1. The molecule has 5 heteroatoms. The second-order valence-corrected chi connectivity index (χ2v) is 4.26. The first kappa shape index (κ1) is 11.5. The van der Waals surface area contributed by atoms with Gasteiger partial charge in [0.05, 0.1) is 19.0 Å². The van der Waals surface area contributed by atoms with E-state index in [1.807, 2.05) is 34.9 Å². The molecular weight excluding hydrogens is 242 g/mol. The summed E-state index contributed by atoms with van der Waals surface area (Å²) in [5.41, 5.74) is 2.27. The summed E-state index contributed by atoms with van der Waals surface area (Å²) in [6.45, 7) is 0.671. The van der Waals surface area contributed by atoms with Gasteiger partial charge in [0.1, 0.15) is 5.75 Å². The number of imidazole rings is 1. The third-order valence-electron chi connectivity index (χ3n) is 3.06. The SMILES string of the molecule is COc1ccc(Cn2cnc3c(=O)[nH]ccc32)cc1. The summed E-state index contributed by atoms with van der Waals surface area (Å²) in [5, 5.41) is 0. The summed E-state index contributed by atoms with van der Waals surface area (Å²) in [4.78, 5) is 18.3. The number of benzene rings is 1. The van der Waals surface area contributed by atoms with Crippen molar-refractivity contribution < 1.29 is 4.74 Å². The Morgan fingerprint density at radius 2 is 2.05 bits per heavy atom. The molecule has 1 N–H and O–H groups in total. The first-order valence-electron chi connectivity index (χ1n) is 5.93. The van der Waals surface area contributed by atoms with Gasteiger partial charge in [-0.25, -0.2) is 4.98 Å². The number of nitrogens with one attached hydrogen (secondary N) is 1. The van der Waals surface area contributed by atoms with Gasteiger partial charge in [0.2, 0.25) is 0 Å². The van der Waals surface area contributed by atoms with Crippen molar-refractivity contribution in [3.05, 3.63) is 58.8 Å². The molecule has 0 amide bonds. The van der Waals surface area contributed by atoms with E-state index in [0.717, 1.165) is 16.8 Å². The number of fused-ring (bicyclic) bond motifs is 1. The van der Waals surface area contributed by atoms with Crippen LogP contribution in [0.25, 0.3) is 11.0 Å². The van der Waals surface area contributed by atoms with Crippen LogP contribution in [-0.4, -0.2) is 21.6 Å². The smallest absolute Gasteiger partial charge is 0.276 e. The topological polar surface area (TPSA) is 59.9 Å². The molecule has 2 aromatic heterocycles. The second kappa shape index (κ2) is 4.61. The minimum atomic E-state index is -0.161. The normalized spacial score (nSPS) is 10.8. The Morgan fingerprint density at radius 3 is 2.79 bits per heavy atom. The lowest BCUT2D eigenvalue weighted by Crippen LogP contribution is -2.05. The lowest BCUT2D eigenvalue weighted by Gasteiger charge is -2.05. The number of hydrogen-bond donors (Lipinski definition) is 1. The Hall–Kier alpha value is -2.56. The molecule has 0 aliphatic carbocycles. The first-order valence-corrected chi connectivity index (χ1v) is 5.93. The van der Waals surface area contributed by atoms with Gasteiger partial charge in [0.15, 0.2) is 5.52 Å². The molecule has 0 saturated carbocycles. The third kappa shape index (κ3) is 2.10. The highest BCUT2D eigenvalue weighted by atomic mass is 16.5. The summed E-state index contributed by atoms with van der Waals surface area (Å²) in [6.07, 6.45) is 3.32.